The van der Waals surface area contributed by atoms with Crippen molar-refractivity contribution in [3.63, 3.8) is 0 Å². The molecule has 0 atom stereocenters. The SMILES string of the molecule is O=C(OCc1ccccc1)N1CCN(c2c(F)c(F)c(CBr)c(F)c2F)CC1. The highest BCUT2D eigenvalue weighted by Gasteiger charge is 2.31. The number of carbonyl (C=O) groups is 1. The standard InChI is InChI=1S/C19H17BrF4N2O2/c20-10-13-14(21)16(23)18(17(24)15(13)22)25-6-8-26(9-7-25)19(27)28-11-12-4-2-1-3-5-12/h1-5H,6-11H2. The van der Waals surface area contributed by atoms with Crippen molar-refractivity contribution in [2.75, 3.05) is 31.1 Å². The number of halogens is 5. The minimum atomic E-state index is -1.44. The molecule has 2 aromatic rings. The first-order valence-corrected chi connectivity index (χ1v) is 9.67. The van der Waals surface area contributed by atoms with Crippen LogP contribution in [0.25, 0.3) is 0 Å². The highest BCUT2D eigenvalue weighted by molar-refractivity contribution is 9.08. The Balaban J connectivity index is 1.65. The van der Waals surface area contributed by atoms with Crippen LogP contribution in [0, 0.1) is 23.3 Å². The van der Waals surface area contributed by atoms with Gasteiger partial charge in [0.25, 0.3) is 0 Å². The van der Waals surface area contributed by atoms with Gasteiger partial charge in [-0.2, -0.15) is 0 Å². The minimum Gasteiger partial charge on any atom is -0.445 e. The number of alkyl halides is 1. The van der Waals surface area contributed by atoms with Crippen molar-refractivity contribution in [3.05, 3.63) is 64.7 Å². The van der Waals surface area contributed by atoms with E-state index < -0.39 is 40.6 Å². The maximum atomic E-state index is 14.3. The number of benzene rings is 2. The van der Waals surface area contributed by atoms with Gasteiger partial charge in [0.15, 0.2) is 23.3 Å². The van der Waals surface area contributed by atoms with E-state index in [2.05, 4.69) is 15.9 Å². The number of rotatable bonds is 4. The highest BCUT2D eigenvalue weighted by Crippen LogP contribution is 2.32. The molecule has 4 nitrogen and oxygen atoms in total. The second-order valence-corrected chi connectivity index (χ2v) is 6.79. The summed E-state index contributed by atoms with van der Waals surface area (Å²) >= 11 is 2.82. The maximum absolute atomic E-state index is 14.3. The summed E-state index contributed by atoms with van der Waals surface area (Å²) < 4.78 is 61.8. The van der Waals surface area contributed by atoms with Crippen molar-refractivity contribution in [1.82, 2.24) is 4.90 Å². The van der Waals surface area contributed by atoms with E-state index in [9.17, 15) is 22.4 Å². The van der Waals surface area contributed by atoms with E-state index in [-0.39, 0.29) is 38.1 Å². The third-order valence-electron chi connectivity index (χ3n) is 4.52. The number of hydrogen-bond acceptors (Lipinski definition) is 3. The van der Waals surface area contributed by atoms with Crippen molar-refractivity contribution >= 4 is 27.7 Å². The number of amides is 1. The molecular weight excluding hydrogens is 444 g/mol. The Morgan fingerprint density at radius 2 is 1.50 bits per heavy atom. The van der Waals surface area contributed by atoms with E-state index in [0.717, 1.165) is 5.56 Å². The predicted octanol–water partition coefficient (Wildman–Crippen LogP) is 4.60. The number of anilines is 1. The molecule has 9 heteroatoms. The lowest BCUT2D eigenvalue weighted by Crippen LogP contribution is -2.49. The largest absolute Gasteiger partial charge is 0.445 e. The first kappa shape index (κ1) is 20.4. The van der Waals surface area contributed by atoms with Gasteiger partial charge in [-0.25, -0.2) is 22.4 Å². The summed E-state index contributed by atoms with van der Waals surface area (Å²) in [6, 6.07) is 9.13. The first-order chi connectivity index (χ1) is 13.4. The summed E-state index contributed by atoms with van der Waals surface area (Å²) in [6.07, 6.45) is -0.559. The lowest BCUT2D eigenvalue weighted by Gasteiger charge is -2.35. The normalized spacial score (nSPS) is 14.3. The van der Waals surface area contributed by atoms with Crippen molar-refractivity contribution in [2.45, 2.75) is 11.9 Å². The Bertz CT molecular complexity index is 830. The number of hydrogen-bond donors (Lipinski definition) is 0. The van der Waals surface area contributed by atoms with E-state index in [1.165, 1.54) is 9.80 Å². The molecule has 1 saturated heterocycles. The second kappa shape index (κ2) is 8.81. The zero-order valence-electron chi connectivity index (χ0n) is 14.7. The van der Waals surface area contributed by atoms with E-state index in [1.807, 2.05) is 30.3 Å². The van der Waals surface area contributed by atoms with E-state index in [4.69, 9.17) is 4.74 Å². The molecule has 1 aliphatic rings. The summed E-state index contributed by atoms with van der Waals surface area (Å²) in [5, 5.41) is -0.347. The van der Waals surface area contributed by atoms with Crippen LogP contribution in [0.3, 0.4) is 0 Å². The first-order valence-electron chi connectivity index (χ1n) is 8.55. The van der Waals surface area contributed by atoms with Crippen LogP contribution in [0.4, 0.5) is 28.0 Å². The molecule has 3 rings (SSSR count). The van der Waals surface area contributed by atoms with Crippen LogP contribution in [0.1, 0.15) is 11.1 Å². The van der Waals surface area contributed by atoms with Gasteiger partial charge in [-0.15, -0.1) is 0 Å². The van der Waals surface area contributed by atoms with Gasteiger partial charge in [-0.1, -0.05) is 46.3 Å². The zero-order valence-corrected chi connectivity index (χ0v) is 16.3. The van der Waals surface area contributed by atoms with Crippen molar-refractivity contribution < 1.29 is 27.1 Å². The highest BCUT2D eigenvalue weighted by atomic mass is 79.9. The Hall–Kier alpha value is -2.29. The molecule has 1 amide bonds. The molecule has 1 fully saturated rings. The Labute approximate surface area is 167 Å². The number of nitrogens with zero attached hydrogens (tertiary/aromatic N) is 2. The van der Waals surface area contributed by atoms with Crippen molar-refractivity contribution in [1.29, 1.82) is 0 Å². The van der Waals surface area contributed by atoms with Gasteiger partial charge in [0.2, 0.25) is 0 Å². The predicted molar refractivity (Wildman–Crippen MR) is 99.3 cm³/mol. The van der Waals surface area contributed by atoms with Crippen LogP contribution in [-0.2, 0) is 16.7 Å². The molecular formula is C19H17BrF4N2O2. The van der Waals surface area contributed by atoms with Crippen LogP contribution >= 0.6 is 15.9 Å². The van der Waals surface area contributed by atoms with Gasteiger partial charge in [0, 0.05) is 37.1 Å². The Kier molecular flexibility index (Phi) is 6.43. The molecule has 28 heavy (non-hydrogen) atoms. The third-order valence-corrected chi connectivity index (χ3v) is 5.08. The number of ether oxygens (including phenoxy) is 1. The van der Waals surface area contributed by atoms with Crippen LogP contribution in [0.15, 0.2) is 30.3 Å². The average Bonchev–Trinajstić information content (AvgIpc) is 2.72. The molecule has 0 spiro atoms. The topological polar surface area (TPSA) is 32.8 Å². The monoisotopic (exact) mass is 460 g/mol. The summed E-state index contributed by atoms with van der Waals surface area (Å²) in [5.74, 6) is -5.71. The molecule has 0 N–H and O–H groups in total. The fourth-order valence-corrected chi connectivity index (χ4v) is 3.48. The second-order valence-electron chi connectivity index (χ2n) is 6.23. The summed E-state index contributed by atoms with van der Waals surface area (Å²) in [7, 11) is 0. The molecule has 0 aliphatic carbocycles. The lowest BCUT2D eigenvalue weighted by molar-refractivity contribution is 0.0941. The Morgan fingerprint density at radius 3 is 2.04 bits per heavy atom. The van der Waals surface area contributed by atoms with Gasteiger partial charge in [0.05, 0.1) is 0 Å². The van der Waals surface area contributed by atoms with Gasteiger partial charge in [-0.3, -0.25) is 0 Å². The van der Waals surface area contributed by atoms with Gasteiger partial charge >= 0.3 is 6.09 Å². The van der Waals surface area contributed by atoms with Gasteiger partial charge < -0.3 is 14.5 Å². The average molecular weight is 461 g/mol. The number of piperazine rings is 1. The molecule has 2 aromatic carbocycles. The van der Waals surface area contributed by atoms with Gasteiger partial charge in [0.1, 0.15) is 12.3 Å². The lowest BCUT2D eigenvalue weighted by atomic mass is 10.1. The molecule has 0 saturated carbocycles. The quantitative estimate of drug-likeness (QED) is 0.379. The van der Waals surface area contributed by atoms with E-state index in [0.29, 0.717) is 0 Å². The van der Waals surface area contributed by atoms with Crippen LogP contribution in [-0.4, -0.2) is 37.2 Å². The molecule has 1 heterocycles. The van der Waals surface area contributed by atoms with Crippen molar-refractivity contribution in [2.24, 2.45) is 0 Å². The van der Waals surface area contributed by atoms with Crippen LogP contribution < -0.4 is 4.90 Å². The molecule has 0 unspecified atom stereocenters. The molecule has 1 aliphatic heterocycles. The third kappa shape index (κ3) is 4.09. The van der Waals surface area contributed by atoms with Crippen molar-refractivity contribution in [3.8, 4) is 0 Å². The van der Waals surface area contributed by atoms with Gasteiger partial charge in [-0.05, 0) is 5.56 Å². The molecule has 0 aromatic heterocycles. The number of carbonyl (C=O) groups excluding carboxylic acids is 1. The smallest absolute Gasteiger partial charge is 0.410 e. The minimum absolute atomic E-state index is 0.0147. The fourth-order valence-electron chi connectivity index (χ4n) is 2.98. The molecule has 150 valence electrons. The summed E-state index contributed by atoms with van der Waals surface area (Å²) in [6.45, 7) is 0.348. The maximum Gasteiger partial charge on any atom is 0.410 e. The van der Waals surface area contributed by atoms with E-state index in [1.54, 1.807) is 0 Å². The summed E-state index contributed by atoms with van der Waals surface area (Å²) in [4.78, 5) is 14.7. The zero-order chi connectivity index (χ0) is 20.3. The molecule has 0 bridgehead atoms. The Morgan fingerprint density at radius 1 is 0.929 bits per heavy atom. The van der Waals surface area contributed by atoms with E-state index >= 15 is 0 Å². The van der Waals surface area contributed by atoms with Crippen LogP contribution in [0.2, 0.25) is 0 Å². The molecule has 0 radical (unpaired) electrons. The fraction of sp³-hybridized carbons (Fsp3) is 0.316. The summed E-state index contributed by atoms with van der Waals surface area (Å²) in [5.41, 5.74) is -0.615. The van der Waals surface area contributed by atoms with Crippen LogP contribution in [0.5, 0.6) is 0 Å².